The van der Waals surface area contributed by atoms with Gasteiger partial charge in [-0.1, -0.05) is 0 Å². The lowest BCUT2D eigenvalue weighted by Gasteiger charge is -2.48. The van der Waals surface area contributed by atoms with Crippen LogP contribution in [0.25, 0.3) is 0 Å². The maximum Gasteiger partial charge on any atom is 0.401 e. The third-order valence-corrected chi connectivity index (χ3v) is 5.66. The summed E-state index contributed by atoms with van der Waals surface area (Å²) >= 11 is 0. The summed E-state index contributed by atoms with van der Waals surface area (Å²) in [7, 11) is 0. The normalized spacial score (nSPS) is 41.7. The molecular weight excluding hydrogens is 265 g/mol. The minimum Gasteiger partial charge on any atom is -0.306 e. The van der Waals surface area contributed by atoms with Crippen molar-refractivity contribution in [3.8, 4) is 0 Å². The van der Waals surface area contributed by atoms with Gasteiger partial charge in [-0.15, -0.1) is 0 Å². The van der Waals surface area contributed by atoms with Gasteiger partial charge in [-0.3, -0.25) is 0 Å². The van der Waals surface area contributed by atoms with Crippen molar-refractivity contribution in [2.24, 2.45) is 17.8 Å². The number of piperidine rings is 3. The fourth-order valence-corrected chi connectivity index (χ4v) is 4.83. The van der Waals surface area contributed by atoms with E-state index in [-0.39, 0.29) is 6.04 Å². The second kappa shape index (κ2) is 5.48. The van der Waals surface area contributed by atoms with Crippen LogP contribution in [0.15, 0.2) is 0 Å². The summed E-state index contributed by atoms with van der Waals surface area (Å²) in [6.45, 7) is 3.53. The number of halogens is 3. The molecule has 2 nitrogen and oxygen atoms in total. The highest BCUT2D eigenvalue weighted by molar-refractivity contribution is 5.00. The lowest BCUT2D eigenvalue weighted by atomic mass is 9.75. The van der Waals surface area contributed by atoms with Crippen LogP contribution in [-0.4, -0.2) is 42.8 Å². The van der Waals surface area contributed by atoms with E-state index in [1.54, 1.807) is 0 Å². The van der Waals surface area contributed by atoms with Crippen molar-refractivity contribution >= 4 is 0 Å². The van der Waals surface area contributed by atoms with Gasteiger partial charge in [-0.25, -0.2) is 0 Å². The molecule has 0 radical (unpaired) electrons. The number of nitrogens with one attached hydrogen (secondary N) is 1. The second-order valence-corrected chi connectivity index (χ2v) is 7.07. The van der Waals surface area contributed by atoms with Crippen molar-refractivity contribution in [2.75, 3.05) is 19.6 Å². The molecule has 3 heterocycles. The van der Waals surface area contributed by atoms with Gasteiger partial charge in [-0.2, -0.15) is 13.2 Å². The summed E-state index contributed by atoms with van der Waals surface area (Å²) < 4.78 is 36.6. The minimum atomic E-state index is -4.09. The molecule has 0 aromatic carbocycles. The molecule has 0 spiro atoms. The third kappa shape index (κ3) is 3.14. The monoisotopic (exact) mass is 290 g/mol. The highest BCUT2D eigenvalue weighted by Crippen LogP contribution is 2.48. The Morgan fingerprint density at radius 3 is 2.50 bits per heavy atom. The number of hydrogen-bond acceptors (Lipinski definition) is 2. The standard InChI is InChI=1S/C15H25F3N2/c1-10(19-9-15(16,17)18)6-11-7-13-12-2-4-20(5-3-12)14(13)8-11/h10-14,19H,2-9H2,1H3. The largest absolute Gasteiger partial charge is 0.401 e. The number of nitrogens with zero attached hydrogens (tertiary/aromatic N) is 1. The Morgan fingerprint density at radius 1 is 1.20 bits per heavy atom. The molecule has 4 aliphatic rings. The molecule has 5 heteroatoms. The molecule has 1 saturated carbocycles. The second-order valence-electron chi connectivity index (χ2n) is 7.07. The van der Waals surface area contributed by atoms with Crippen LogP contribution in [0.5, 0.6) is 0 Å². The molecule has 3 aliphatic heterocycles. The average molecular weight is 290 g/mol. The van der Waals surface area contributed by atoms with Crippen LogP contribution >= 0.6 is 0 Å². The fraction of sp³-hybridized carbons (Fsp3) is 1.00. The first kappa shape index (κ1) is 14.6. The summed E-state index contributed by atoms with van der Waals surface area (Å²) in [6.07, 6.45) is 1.93. The van der Waals surface area contributed by atoms with Crippen molar-refractivity contribution in [1.29, 1.82) is 0 Å². The molecule has 116 valence electrons. The van der Waals surface area contributed by atoms with Gasteiger partial charge < -0.3 is 10.2 Å². The Kier molecular flexibility index (Phi) is 4.01. The number of alkyl halides is 3. The van der Waals surface area contributed by atoms with Crippen molar-refractivity contribution in [2.45, 2.75) is 57.3 Å². The van der Waals surface area contributed by atoms with Gasteiger partial charge in [0.15, 0.2) is 0 Å². The molecule has 4 unspecified atom stereocenters. The number of fused-ring (bicyclic) bond motifs is 2. The summed E-state index contributed by atoms with van der Waals surface area (Å²) in [5, 5.41) is 2.63. The topological polar surface area (TPSA) is 15.3 Å². The molecule has 1 aliphatic carbocycles. The molecule has 0 aromatic heterocycles. The van der Waals surface area contributed by atoms with Crippen molar-refractivity contribution in [1.82, 2.24) is 10.2 Å². The fourth-order valence-electron chi connectivity index (χ4n) is 4.83. The lowest BCUT2D eigenvalue weighted by Crippen LogP contribution is -2.52. The Labute approximate surface area is 119 Å². The first-order valence-electron chi connectivity index (χ1n) is 7.96. The predicted molar refractivity (Wildman–Crippen MR) is 72.4 cm³/mol. The zero-order chi connectivity index (χ0) is 14.3. The van der Waals surface area contributed by atoms with E-state index < -0.39 is 12.7 Å². The van der Waals surface area contributed by atoms with Crippen LogP contribution in [0.1, 0.15) is 39.0 Å². The molecule has 20 heavy (non-hydrogen) atoms. The van der Waals surface area contributed by atoms with Crippen molar-refractivity contribution in [3.05, 3.63) is 0 Å². The van der Waals surface area contributed by atoms with E-state index >= 15 is 0 Å². The van der Waals surface area contributed by atoms with Crippen LogP contribution in [0, 0.1) is 17.8 Å². The van der Waals surface area contributed by atoms with E-state index in [0.29, 0.717) is 5.92 Å². The molecule has 1 N–H and O–H groups in total. The van der Waals surface area contributed by atoms with E-state index in [1.807, 2.05) is 6.92 Å². The van der Waals surface area contributed by atoms with Crippen LogP contribution in [0.2, 0.25) is 0 Å². The Hall–Kier alpha value is -0.290. The summed E-state index contributed by atoms with van der Waals surface area (Å²) in [5.41, 5.74) is 0. The number of hydrogen-bond donors (Lipinski definition) is 1. The average Bonchev–Trinajstić information content (AvgIpc) is 2.82. The van der Waals surface area contributed by atoms with E-state index in [4.69, 9.17) is 0 Å². The van der Waals surface area contributed by atoms with E-state index in [2.05, 4.69) is 10.2 Å². The maximum atomic E-state index is 12.2. The lowest BCUT2D eigenvalue weighted by molar-refractivity contribution is -0.126. The molecule has 4 fully saturated rings. The summed E-state index contributed by atoms with van der Waals surface area (Å²) in [5.74, 6) is 2.34. The number of rotatable bonds is 4. The van der Waals surface area contributed by atoms with Gasteiger partial charge in [0, 0.05) is 12.1 Å². The van der Waals surface area contributed by atoms with Crippen LogP contribution in [0.4, 0.5) is 13.2 Å². The zero-order valence-corrected chi connectivity index (χ0v) is 12.1. The van der Waals surface area contributed by atoms with E-state index in [9.17, 15) is 13.2 Å². The molecule has 0 amide bonds. The Balaban J connectivity index is 1.48. The quantitative estimate of drug-likeness (QED) is 0.856. The van der Waals surface area contributed by atoms with Crippen LogP contribution in [0.3, 0.4) is 0 Å². The van der Waals surface area contributed by atoms with Gasteiger partial charge in [0.2, 0.25) is 0 Å². The highest BCUT2D eigenvalue weighted by Gasteiger charge is 2.47. The Bertz CT molecular complexity index is 317. The van der Waals surface area contributed by atoms with Gasteiger partial charge >= 0.3 is 6.18 Å². The predicted octanol–water partition coefficient (Wildman–Crippen LogP) is 3.04. The molecule has 4 atom stereocenters. The molecular formula is C15H25F3N2. The third-order valence-electron chi connectivity index (χ3n) is 5.66. The van der Waals surface area contributed by atoms with Gasteiger partial charge in [-0.05, 0) is 69.9 Å². The SMILES string of the molecule is CC(CC1CC2C3CCN(CC3)C2C1)NCC(F)(F)F. The summed E-state index contributed by atoms with van der Waals surface area (Å²) in [4.78, 5) is 2.64. The van der Waals surface area contributed by atoms with E-state index in [0.717, 1.165) is 24.3 Å². The zero-order valence-electron chi connectivity index (χ0n) is 12.1. The van der Waals surface area contributed by atoms with Gasteiger partial charge in [0.05, 0.1) is 6.54 Å². The summed E-state index contributed by atoms with van der Waals surface area (Å²) in [6, 6.07) is 0.705. The first-order valence-corrected chi connectivity index (χ1v) is 7.96. The molecule has 3 saturated heterocycles. The molecule has 0 aromatic rings. The highest BCUT2D eigenvalue weighted by atomic mass is 19.4. The smallest absolute Gasteiger partial charge is 0.306 e. The van der Waals surface area contributed by atoms with Gasteiger partial charge in [0.1, 0.15) is 0 Å². The molecule has 4 rings (SSSR count). The molecule has 2 bridgehead atoms. The Morgan fingerprint density at radius 2 is 1.90 bits per heavy atom. The van der Waals surface area contributed by atoms with E-state index in [1.165, 1.54) is 38.8 Å². The van der Waals surface area contributed by atoms with Crippen molar-refractivity contribution < 1.29 is 13.2 Å². The maximum absolute atomic E-state index is 12.2. The minimum absolute atomic E-state index is 0.0329. The van der Waals surface area contributed by atoms with Crippen LogP contribution < -0.4 is 5.32 Å². The first-order chi connectivity index (χ1) is 9.42. The van der Waals surface area contributed by atoms with Gasteiger partial charge in [0.25, 0.3) is 0 Å². The van der Waals surface area contributed by atoms with Crippen LogP contribution in [-0.2, 0) is 0 Å². The van der Waals surface area contributed by atoms with Crippen molar-refractivity contribution in [3.63, 3.8) is 0 Å².